The van der Waals surface area contributed by atoms with Crippen LogP contribution in [0.4, 0.5) is 0 Å². The van der Waals surface area contributed by atoms with Crippen molar-refractivity contribution in [2.45, 2.75) is 13.1 Å². The third-order valence-electron chi connectivity index (χ3n) is 2.28. The molecule has 2 rings (SSSR count). The van der Waals surface area contributed by atoms with Gasteiger partial charge in [-0.15, -0.1) is 0 Å². The number of hydrogen-bond donors (Lipinski definition) is 2. The first kappa shape index (κ1) is 10.7. The first-order chi connectivity index (χ1) is 7.83. The third kappa shape index (κ3) is 2.24. The average molecular weight is 214 g/mol. The fourth-order valence-electron chi connectivity index (χ4n) is 1.48. The number of aromatic nitrogens is 2. The van der Waals surface area contributed by atoms with Crippen LogP contribution in [0.1, 0.15) is 11.4 Å². The first-order valence-electron chi connectivity index (χ1n) is 5.16. The topological polar surface area (TPSA) is 77.8 Å². The lowest BCUT2D eigenvalue weighted by Gasteiger charge is -2.05. The number of nitrogens with two attached hydrogens (primary N) is 2. The van der Waals surface area contributed by atoms with Gasteiger partial charge in [0.2, 0.25) is 0 Å². The molecular weight excluding hydrogens is 200 g/mol. The molecule has 0 aliphatic carbocycles. The van der Waals surface area contributed by atoms with Gasteiger partial charge >= 0.3 is 0 Å². The van der Waals surface area contributed by atoms with Gasteiger partial charge in [0.25, 0.3) is 0 Å². The highest BCUT2D eigenvalue weighted by molar-refractivity contribution is 5.54. The molecular formula is C12H14N4. The number of benzene rings is 1. The predicted molar refractivity (Wildman–Crippen MR) is 63.3 cm³/mol. The molecule has 0 unspecified atom stereocenters. The van der Waals surface area contributed by atoms with Gasteiger partial charge in [0.1, 0.15) is 0 Å². The molecule has 0 spiro atoms. The molecule has 0 bridgehead atoms. The Balaban J connectivity index is 2.48. The van der Waals surface area contributed by atoms with E-state index >= 15 is 0 Å². The number of hydrogen-bond acceptors (Lipinski definition) is 4. The SMILES string of the molecule is NCc1cc(CN)nc(-c2ccccc2)n1. The van der Waals surface area contributed by atoms with E-state index in [0.29, 0.717) is 18.9 Å². The molecule has 2 aromatic rings. The van der Waals surface area contributed by atoms with E-state index in [1.165, 1.54) is 0 Å². The lowest BCUT2D eigenvalue weighted by Crippen LogP contribution is -2.07. The predicted octanol–water partition coefficient (Wildman–Crippen LogP) is 1.06. The van der Waals surface area contributed by atoms with E-state index < -0.39 is 0 Å². The Morgan fingerprint density at radius 1 is 0.875 bits per heavy atom. The van der Waals surface area contributed by atoms with E-state index in [2.05, 4.69) is 9.97 Å². The summed E-state index contributed by atoms with van der Waals surface area (Å²) >= 11 is 0. The first-order valence-corrected chi connectivity index (χ1v) is 5.16. The monoisotopic (exact) mass is 214 g/mol. The smallest absolute Gasteiger partial charge is 0.159 e. The minimum Gasteiger partial charge on any atom is -0.325 e. The van der Waals surface area contributed by atoms with E-state index in [0.717, 1.165) is 17.0 Å². The van der Waals surface area contributed by atoms with E-state index in [1.54, 1.807) is 0 Å². The second-order valence-electron chi connectivity index (χ2n) is 3.45. The van der Waals surface area contributed by atoms with E-state index in [4.69, 9.17) is 11.5 Å². The molecule has 1 aromatic heterocycles. The molecule has 16 heavy (non-hydrogen) atoms. The zero-order valence-electron chi connectivity index (χ0n) is 8.93. The van der Waals surface area contributed by atoms with Gasteiger partial charge < -0.3 is 11.5 Å². The molecule has 0 saturated heterocycles. The second kappa shape index (κ2) is 4.83. The maximum Gasteiger partial charge on any atom is 0.159 e. The highest BCUT2D eigenvalue weighted by atomic mass is 14.9. The molecule has 0 amide bonds. The van der Waals surface area contributed by atoms with Crippen LogP contribution in [-0.2, 0) is 13.1 Å². The summed E-state index contributed by atoms with van der Waals surface area (Å²) in [5, 5.41) is 0. The Labute approximate surface area is 94.3 Å². The molecule has 82 valence electrons. The van der Waals surface area contributed by atoms with Gasteiger partial charge in [-0.05, 0) is 6.07 Å². The van der Waals surface area contributed by atoms with Crippen molar-refractivity contribution in [3.05, 3.63) is 47.8 Å². The van der Waals surface area contributed by atoms with E-state index in [9.17, 15) is 0 Å². The van der Waals surface area contributed by atoms with Crippen LogP contribution >= 0.6 is 0 Å². The second-order valence-corrected chi connectivity index (χ2v) is 3.45. The summed E-state index contributed by atoms with van der Waals surface area (Å²) in [6.07, 6.45) is 0. The number of nitrogens with zero attached hydrogens (tertiary/aromatic N) is 2. The van der Waals surface area contributed by atoms with Gasteiger partial charge in [0.05, 0.1) is 11.4 Å². The lowest BCUT2D eigenvalue weighted by atomic mass is 10.2. The Bertz CT molecular complexity index is 445. The Kier molecular flexibility index (Phi) is 3.24. The molecule has 0 aliphatic rings. The zero-order valence-corrected chi connectivity index (χ0v) is 8.93. The Morgan fingerprint density at radius 2 is 1.44 bits per heavy atom. The van der Waals surface area contributed by atoms with Crippen molar-refractivity contribution >= 4 is 0 Å². The van der Waals surface area contributed by atoms with Gasteiger partial charge in [0.15, 0.2) is 5.82 Å². The zero-order chi connectivity index (χ0) is 11.4. The summed E-state index contributed by atoms with van der Waals surface area (Å²) in [5.74, 6) is 0.684. The molecule has 4 N–H and O–H groups in total. The molecule has 0 radical (unpaired) electrons. The molecule has 4 heteroatoms. The van der Waals surface area contributed by atoms with Crippen LogP contribution in [0.15, 0.2) is 36.4 Å². The molecule has 0 atom stereocenters. The maximum atomic E-state index is 5.59. The third-order valence-corrected chi connectivity index (χ3v) is 2.28. The summed E-state index contributed by atoms with van der Waals surface area (Å²) in [6.45, 7) is 0.796. The van der Waals surface area contributed by atoms with Crippen LogP contribution in [0, 0.1) is 0 Å². The Hall–Kier alpha value is -1.78. The van der Waals surface area contributed by atoms with Crippen LogP contribution in [0.5, 0.6) is 0 Å². The van der Waals surface area contributed by atoms with Gasteiger partial charge in [-0.25, -0.2) is 9.97 Å². The number of rotatable bonds is 3. The largest absolute Gasteiger partial charge is 0.325 e. The van der Waals surface area contributed by atoms with Gasteiger partial charge in [-0.3, -0.25) is 0 Å². The molecule has 4 nitrogen and oxygen atoms in total. The summed E-state index contributed by atoms with van der Waals surface area (Å²) < 4.78 is 0. The fourth-order valence-corrected chi connectivity index (χ4v) is 1.48. The van der Waals surface area contributed by atoms with Crippen molar-refractivity contribution < 1.29 is 0 Å². The van der Waals surface area contributed by atoms with Crippen molar-refractivity contribution in [2.75, 3.05) is 0 Å². The highest BCUT2D eigenvalue weighted by Gasteiger charge is 2.04. The summed E-state index contributed by atoms with van der Waals surface area (Å²) in [6, 6.07) is 11.6. The van der Waals surface area contributed by atoms with Crippen molar-refractivity contribution in [3.8, 4) is 11.4 Å². The van der Waals surface area contributed by atoms with E-state index in [-0.39, 0.29) is 0 Å². The van der Waals surface area contributed by atoms with Crippen LogP contribution in [0.25, 0.3) is 11.4 Å². The standard InChI is InChI=1S/C12H14N4/c13-7-10-6-11(8-14)16-12(15-10)9-4-2-1-3-5-9/h1-6H,7-8,13-14H2. The summed E-state index contributed by atoms with van der Waals surface area (Å²) in [5.41, 5.74) is 13.8. The molecule has 1 heterocycles. The minimum atomic E-state index is 0.398. The highest BCUT2D eigenvalue weighted by Crippen LogP contribution is 2.15. The van der Waals surface area contributed by atoms with E-state index in [1.807, 2.05) is 36.4 Å². The van der Waals surface area contributed by atoms with Crippen molar-refractivity contribution in [1.82, 2.24) is 9.97 Å². The summed E-state index contributed by atoms with van der Waals surface area (Å²) in [7, 11) is 0. The van der Waals surface area contributed by atoms with Crippen molar-refractivity contribution in [3.63, 3.8) is 0 Å². The van der Waals surface area contributed by atoms with Gasteiger partial charge in [-0.1, -0.05) is 30.3 Å². The normalized spacial score (nSPS) is 10.4. The van der Waals surface area contributed by atoms with Gasteiger partial charge in [0, 0.05) is 18.7 Å². The molecule has 0 aliphatic heterocycles. The fraction of sp³-hybridized carbons (Fsp3) is 0.167. The summed E-state index contributed by atoms with van der Waals surface area (Å²) in [4.78, 5) is 8.76. The van der Waals surface area contributed by atoms with Crippen LogP contribution in [0.2, 0.25) is 0 Å². The quantitative estimate of drug-likeness (QED) is 0.800. The van der Waals surface area contributed by atoms with Crippen LogP contribution in [0.3, 0.4) is 0 Å². The van der Waals surface area contributed by atoms with Crippen molar-refractivity contribution in [2.24, 2.45) is 11.5 Å². The van der Waals surface area contributed by atoms with Gasteiger partial charge in [-0.2, -0.15) is 0 Å². The maximum absolute atomic E-state index is 5.59. The molecule has 0 fully saturated rings. The lowest BCUT2D eigenvalue weighted by molar-refractivity contribution is 0.911. The van der Waals surface area contributed by atoms with Crippen molar-refractivity contribution in [1.29, 1.82) is 0 Å². The molecule has 1 aromatic carbocycles. The Morgan fingerprint density at radius 3 is 1.94 bits per heavy atom. The average Bonchev–Trinajstić information content (AvgIpc) is 2.39. The minimum absolute atomic E-state index is 0.398. The van der Waals surface area contributed by atoms with Crippen LogP contribution in [-0.4, -0.2) is 9.97 Å². The molecule has 0 saturated carbocycles. The van der Waals surface area contributed by atoms with Crippen LogP contribution < -0.4 is 11.5 Å².